The van der Waals surface area contributed by atoms with Crippen molar-refractivity contribution in [3.63, 3.8) is 0 Å². The molecule has 0 bridgehead atoms. The number of nitrogens with one attached hydrogen (secondary N) is 2. The molecule has 1 aromatic rings. The van der Waals surface area contributed by atoms with Crippen molar-refractivity contribution in [3.05, 3.63) is 35.4 Å². The molecule has 1 aromatic carbocycles. The molecule has 1 aliphatic rings. The zero-order valence-electron chi connectivity index (χ0n) is 11.0. The molecule has 0 fully saturated rings. The Hall–Kier alpha value is -1.92. The molecule has 0 aliphatic carbocycles. The molecule has 0 spiro atoms. The van der Waals surface area contributed by atoms with Gasteiger partial charge in [-0.2, -0.15) is 0 Å². The minimum absolute atomic E-state index is 0.00452. The summed E-state index contributed by atoms with van der Waals surface area (Å²) in [6, 6.07) is 6.01. The highest BCUT2D eigenvalue weighted by atomic mass is 16.4. The fourth-order valence-electron chi connectivity index (χ4n) is 2.38. The number of aliphatic hydroxyl groups excluding tert-OH is 1. The van der Waals surface area contributed by atoms with E-state index in [4.69, 9.17) is 10.2 Å². The van der Waals surface area contributed by atoms with Crippen molar-refractivity contribution < 1.29 is 19.8 Å². The number of carbonyl (C=O) groups is 2. The molecule has 6 heteroatoms. The molecule has 4 N–H and O–H groups in total. The van der Waals surface area contributed by atoms with Crippen LogP contribution in [0.3, 0.4) is 0 Å². The normalized spacial score (nSPS) is 18.9. The maximum Gasteiger partial charge on any atom is 0.326 e. The first-order chi connectivity index (χ1) is 9.63. The molecule has 2 unspecified atom stereocenters. The minimum atomic E-state index is -1.14. The minimum Gasteiger partial charge on any atom is -0.480 e. The number of benzene rings is 1. The molecule has 6 nitrogen and oxygen atoms in total. The average Bonchev–Trinajstić information content (AvgIpc) is 2.46. The van der Waals surface area contributed by atoms with Gasteiger partial charge in [-0.05, 0) is 17.5 Å². The molecule has 0 saturated heterocycles. The van der Waals surface area contributed by atoms with Gasteiger partial charge in [-0.3, -0.25) is 4.79 Å². The zero-order valence-corrected chi connectivity index (χ0v) is 11.0. The van der Waals surface area contributed by atoms with Gasteiger partial charge in [0.1, 0.15) is 12.1 Å². The lowest BCUT2D eigenvalue weighted by Crippen LogP contribution is -2.48. The Morgan fingerprint density at radius 3 is 2.85 bits per heavy atom. The van der Waals surface area contributed by atoms with Crippen LogP contribution in [0.15, 0.2) is 24.3 Å². The Morgan fingerprint density at radius 2 is 2.15 bits per heavy atom. The van der Waals surface area contributed by atoms with Crippen molar-refractivity contribution >= 4 is 11.9 Å². The highest BCUT2D eigenvalue weighted by molar-refractivity contribution is 5.88. The Balaban J connectivity index is 2.12. The Bertz CT molecular complexity index is 504. The second-order valence-corrected chi connectivity index (χ2v) is 4.75. The van der Waals surface area contributed by atoms with Crippen LogP contribution in [0.4, 0.5) is 0 Å². The van der Waals surface area contributed by atoms with Crippen molar-refractivity contribution in [3.8, 4) is 0 Å². The predicted octanol–water partition coefficient (Wildman–Crippen LogP) is -0.175. The molecule has 108 valence electrons. The van der Waals surface area contributed by atoms with Crippen LogP contribution in [0.5, 0.6) is 0 Å². The monoisotopic (exact) mass is 278 g/mol. The highest BCUT2D eigenvalue weighted by Crippen LogP contribution is 2.22. The summed E-state index contributed by atoms with van der Waals surface area (Å²) in [6.45, 7) is 0.388. The number of rotatable bonds is 5. The van der Waals surface area contributed by atoms with Crippen LogP contribution in [-0.2, 0) is 16.0 Å². The molecule has 1 amide bonds. The van der Waals surface area contributed by atoms with Gasteiger partial charge in [0.05, 0.1) is 0 Å². The van der Waals surface area contributed by atoms with E-state index < -0.39 is 18.1 Å². The molecule has 20 heavy (non-hydrogen) atoms. The Labute approximate surface area is 116 Å². The topological polar surface area (TPSA) is 98.7 Å². The molecule has 0 radical (unpaired) electrons. The fourth-order valence-corrected chi connectivity index (χ4v) is 2.38. The molecule has 1 aliphatic heterocycles. The molecule has 2 atom stereocenters. The van der Waals surface area contributed by atoms with E-state index in [1.807, 2.05) is 24.3 Å². The van der Waals surface area contributed by atoms with Crippen LogP contribution in [-0.4, -0.2) is 41.3 Å². The molecule has 0 saturated carbocycles. The SMILES string of the molecule is O=C(O)C(CCO)NC(=O)C1NCCc2ccccc21. The van der Waals surface area contributed by atoms with Gasteiger partial charge in [-0.1, -0.05) is 24.3 Å². The smallest absolute Gasteiger partial charge is 0.326 e. The maximum absolute atomic E-state index is 12.2. The average molecular weight is 278 g/mol. The third-order valence-electron chi connectivity index (χ3n) is 3.40. The van der Waals surface area contributed by atoms with E-state index in [1.54, 1.807) is 0 Å². The van der Waals surface area contributed by atoms with Crippen LogP contribution in [0.2, 0.25) is 0 Å². The third-order valence-corrected chi connectivity index (χ3v) is 3.40. The molecule has 1 heterocycles. The quantitative estimate of drug-likeness (QED) is 0.599. The molecular formula is C14H18N2O4. The highest BCUT2D eigenvalue weighted by Gasteiger charge is 2.29. The van der Waals surface area contributed by atoms with E-state index in [0.29, 0.717) is 6.54 Å². The predicted molar refractivity (Wildman–Crippen MR) is 72.2 cm³/mol. The summed E-state index contributed by atoms with van der Waals surface area (Å²) in [6.07, 6.45) is 0.842. The zero-order chi connectivity index (χ0) is 14.5. The summed E-state index contributed by atoms with van der Waals surface area (Å²) in [4.78, 5) is 23.2. The van der Waals surface area contributed by atoms with Gasteiger partial charge < -0.3 is 20.8 Å². The van der Waals surface area contributed by atoms with E-state index in [-0.39, 0.29) is 18.9 Å². The van der Waals surface area contributed by atoms with Gasteiger partial charge in [0.2, 0.25) is 5.91 Å². The van der Waals surface area contributed by atoms with E-state index >= 15 is 0 Å². The van der Waals surface area contributed by atoms with Crippen LogP contribution in [0.25, 0.3) is 0 Å². The number of carboxylic acids is 1. The van der Waals surface area contributed by atoms with Gasteiger partial charge in [0.15, 0.2) is 0 Å². The van der Waals surface area contributed by atoms with E-state index in [9.17, 15) is 9.59 Å². The van der Waals surface area contributed by atoms with Crippen LogP contribution < -0.4 is 10.6 Å². The summed E-state index contributed by atoms with van der Waals surface area (Å²) in [5, 5.41) is 23.4. The number of amides is 1. The van der Waals surface area contributed by atoms with Crippen molar-refractivity contribution in [1.82, 2.24) is 10.6 Å². The summed E-state index contributed by atoms with van der Waals surface area (Å²) >= 11 is 0. The van der Waals surface area contributed by atoms with Gasteiger partial charge in [-0.15, -0.1) is 0 Å². The van der Waals surface area contributed by atoms with E-state index in [1.165, 1.54) is 0 Å². The first-order valence-corrected chi connectivity index (χ1v) is 6.58. The second kappa shape index (κ2) is 6.49. The van der Waals surface area contributed by atoms with Crippen molar-refractivity contribution in [2.45, 2.75) is 24.9 Å². The first-order valence-electron chi connectivity index (χ1n) is 6.58. The number of carboxylic acid groups (broad SMARTS) is 1. The number of aliphatic hydroxyl groups is 1. The lowest BCUT2D eigenvalue weighted by molar-refractivity contribution is -0.142. The third kappa shape index (κ3) is 3.15. The number of aliphatic carboxylic acids is 1. The Morgan fingerprint density at radius 1 is 1.40 bits per heavy atom. The lowest BCUT2D eigenvalue weighted by atomic mass is 9.93. The van der Waals surface area contributed by atoms with Gasteiger partial charge in [0.25, 0.3) is 0 Å². The molecule has 0 aromatic heterocycles. The standard InChI is InChI=1S/C14H18N2O4/c17-8-6-11(14(19)20)16-13(18)12-10-4-2-1-3-9(10)5-7-15-12/h1-4,11-12,15,17H,5-8H2,(H,16,18)(H,19,20). The van der Waals surface area contributed by atoms with Crippen LogP contribution in [0, 0.1) is 0 Å². The largest absolute Gasteiger partial charge is 0.480 e. The lowest BCUT2D eigenvalue weighted by Gasteiger charge is -2.27. The van der Waals surface area contributed by atoms with Crippen LogP contribution in [0.1, 0.15) is 23.6 Å². The number of carbonyl (C=O) groups excluding carboxylic acids is 1. The van der Waals surface area contributed by atoms with Crippen molar-refractivity contribution in [2.75, 3.05) is 13.2 Å². The number of hydrogen-bond acceptors (Lipinski definition) is 4. The Kier molecular flexibility index (Phi) is 4.70. The van der Waals surface area contributed by atoms with E-state index in [0.717, 1.165) is 17.5 Å². The fraction of sp³-hybridized carbons (Fsp3) is 0.429. The summed E-state index contributed by atoms with van der Waals surface area (Å²) in [7, 11) is 0. The number of hydrogen-bond donors (Lipinski definition) is 4. The molecule has 2 rings (SSSR count). The summed E-state index contributed by atoms with van der Waals surface area (Å²) in [5.74, 6) is -1.52. The summed E-state index contributed by atoms with van der Waals surface area (Å²) < 4.78 is 0. The first kappa shape index (κ1) is 14.5. The molecular weight excluding hydrogens is 260 g/mol. The maximum atomic E-state index is 12.2. The second-order valence-electron chi connectivity index (χ2n) is 4.75. The van der Waals surface area contributed by atoms with Gasteiger partial charge >= 0.3 is 5.97 Å². The van der Waals surface area contributed by atoms with Gasteiger partial charge in [0, 0.05) is 19.6 Å². The van der Waals surface area contributed by atoms with Gasteiger partial charge in [-0.25, -0.2) is 4.79 Å². The number of fused-ring (bicyclic) bond motifs is 1. The van der Waals surface area contributed by atoms with Crippen molar-refractivity contribution in [2.24, 2.45) is 0 Å². The van der Waals surface area contributed by atoms with Crippen molar-refractivity contribution in [1.29, 1.82) is 0 Å². The summed E-state index contributed by atoms with van der Waals surface area (Å²) in [5.41, 5.74) is 1.98. The van der Waals surface area contributed by atoms with E-state index in [2.05, 4.69) is 10.6 Å². The van der Waals surface area contributed by atoms with Crippen LogP contribution >= 0.6 is 0 Å².